The number of nitrogens with two attached hydrogens (primary N) is 1. The molecular formula is C21H27NO2. The molecule has 24 heavy (non-hydrogen) atoms. The molecule has 2 atom stereocenters. The molecule has 2 unspecified atom stereocenters. The predicted octanol–water partition coefficient (Wildman–Crippen LogP) is 4.61. The Balaban J connectivity index is 1.48. The van der Waals surface area contributed by atoms with Gasteiger partial charge in [0.05, 0.1) is 6.10 Å². The molecule has 1 aliphatic rings. The van der Waals surface area contributed by atoms with Crippen molar-refractivity contribution in [3.05, 3.63) is 65.7 Å². The van der Waals surface area contributed by atoms with Crippen LogP contribution in [-0.4, -0.2) is 12.7 Å². The zero-order valence-electron chi connectivity index (χ0n) is 14.2. The van der Waals surface area contributed by atoms with Crippen molar-refractivity contribution in [2.75, 3.05) is 6.61 Å². The highest BCUT2D eigenvalue weighted by molar-refractivity contribution is 5.30. The van der Waals surface area contributed by atoms with Gasteiger partial charge in [-0.1, -0.05) is 42.5 Å². The molecule has 2 N–H and O–H groups in total. The van der Waals surface area contributed by atoms with E-state index in [9.17, 15) is 0 Å². The summed E-state index contributed by atoms with van der Waals surface area (Å²) in [5, 5.41) is 0. The van der Waals surface area contributed by atoms with Gasteiger partial charge in [-0.2, -0.15) is 0 Å². The van der Waals surface area contributed by atoms with Crippen molar-refractivity contribution in [1.82, 2.24) is 0 Å². The molecule has 0 spiro atoms. The number of hydrogen-bond donors (Lipinski definition) is 1. The maximum absolute atomic E-state index is 6.36. The third-order valence-corrected chi connectivity index (χ3v) is 4.60. The lowest BCUT2D eigenvalue weighted by Gasteiger charge is -2.15. The van der Waals surface area contributed by atoms with Crippen molar-refractivity contribution in [2.24, 2.45) is 5.73 Å². The van der Waals surface area contributed by atoms with Crippen molar-refractivity contribution >= 4 is 0 Å². The van der Waals surface area contributed by atoms with E-state index in [4.69, 9.17) is 15.2 Å². The lowest BCUT2D eigenvalue weighted by atomic mass is 10.00. The lowest BCUT2D eigenvalue weighted by molar-refractivity contribution is 0.101. The number of hydrogen-bond acceptors (Lipinski definition) is 3. The summed E-state index contributed by atoms with van der Waals surface area (Å²) in [5.41, 5.74) is 8.68. The van der Waals surface area contributed by atoms with E-state index in [0.717, 1.165) is 37.2 Å². The summed E-state index contributed by atoms with van der Waals surface area (Å²) in [7, 11) is 0. The van der Waals surface area contributed by atoms with E-state index < -0.39 is 0 Å². The summed E-state index contributed by atoms with van der Waals surface area (Å²) in [6, 6.07) is 18.4. The summed E-state index contributed by atoms with van der Waals surface area (Å²) in [6.07, 6.45) is 6.09. The monoisotopic (exact) mass is 325 g/mol. The van der Waals surface area contributed by atoms with Crippen LogP contribution in [-0.2, 0) is 11.3 Å². The molecule has 1 heterocycles. The first-order valence-corrected chi connectivity index (χ1v) is 8.95. The quantitative estimate of drug-likeness (QED) is 0.770. The predicted molar refractivity (Wildman–Crippen MR) is 97.0 cm³/mol. The van der Waals surface area contributed by atoms with Gasteiger partial charge in [-0.05, 0) is 55.4 Å². The van der Waals surface area contributed by atoms with Crippen LogP contribution in [0.25, 0.3) is 0 Å². The molecule has 2 aromatic carbocycles. The van der Waals surface area contributed by atoms with Gasteiger partial charge in [-0.25, -0.2) is 0 Å². The van der Waals surface area contributed by atoms with E-state index >= 15 is 0 Å². The SMILES string of the molecule is NC(CCCC1CCCO1)c1cccc(OCc2ccccc2)c1. The first-order chi connectivity index (χ1) is 11.8. The molecule has 1 fully saturated rings. The number of ether oxygens (including phenoxy) is 2. The van der Waals surface area contributed by atoms with Crippen molar-refractivity contribution in [2.45, 2.75) is 50.9 Å². The average molecular weight is 325 g/mol. The van der Waals surface area contributed by atoms with Gasteiger partial charge in [-0.15, -0.1) is 0 Å². The first-order valence-electron chi connectivity index (χ1n) is 8.95. The average Bonchev–Trinajstić information content (AvgIpc) is 3.14. The minimum Gasteiger partial charge on any atom is -0.489 e. The van der Waals surface area contributed by atoms with Gasteiger partial charge in [0.2, 0.25) is 0 Å². The van der Waals surface area contributed by atoms with E-state index in [1.807, 2.05) is 30.3 Å². The topological polar surface area (TPSA) is 44.5 Å². The largest absolute Gasteiger partial charge is 0.489 e. The Morgan fingerprint density at radius 2 is 2.00 bits per heavy atom. The standard InChI is InChI=1S/C21H27NO2/c22-21(13-5-10-19-12-6-14-23-19)18-9-4-11-20(15-18)24-16-17-7-2-1-3-8-17/h1-4,7-9,11,15,19,21H,5-6,10,12-14,16,22H2. The van der Waals surface area contributed by atoms with E-state index in [-0.39, 0.29) is 6.04 Å². The highest BCUT2D eigenvalue weighted by atomic mass is 16.5. The molecule has 2 aromatic rings. The van der Waals surface area contributed by atoms with Gasteiger partial charge in [-0.3, -0.25) is 0 Å². The van der Waals surface area contributed by atoms with Crippen LogP contribution < -0.4 is 10.5 Å². The Morgan fingerprint density at radius 1 is 1.12 bits per heavy atom. The van der Waals surface area contributed by atoms with Crippen molar-refractivity contribution in [3.63, 3.8) is 0 Å². The van der Waals surface area contributed by atoms with Crippen LogP contribution in [0.1, 0.15) is 49.3 Å². The smallest absolute Gasteiger partial charge is 0.120 e. The summed E-state index contributed by atoms with van der Waals surface area (Å²) in [6.45, 7) is 1.51. The van der Waals surface area contributed by atoms with Crippen LogP contribution in [0, 0.1) is 0 Å². The molecular weight excluding hydrogens is 298 g/mol. The molecule has 0 bridgehead atoms. The Labute approximate surface area is 144 Å². The molecule has 3 rings (SSSR count). The van der Waals surface area contributed by atoms with E-state index in [2.05, 4.69) is 24.3 Å². The molecule has 0 radical (unpaired) electrons. The van der Waals surface area contributed by atoms with Gasteiger partial charge < -0.3 is 15.2 Å². The Bertz CT molecular complexity index is 608. The van der Waals surface area contributed by atoms with Crippen molar-refractivity contribution in [1.29, 1.82) is 0 Å². The second kappa shape index (κ2) is 8.86. The normalized spacial score (nSPS) is 18.5. The summed E-state index contributed by atoms with van der Waals surface area (Å²) < 4.78 is 11.6. The molecule has 0 aliphatic carbocycles. The molecule has 3 nitrogen and oxygen atoms in total. The molecule has 0 saturated carbocycles. The Kier molecular flexibility index (Phi) is 6.27. The molecule has 0 aromatic heterocycles. The van der Waals surface area contributed by atoms with Crippen LogP contribution in [0.4, 0.5) is 0 Å². The molecule has 3 heteroatoms. The van der Waals surface area contributed by atoms with Crippen LogP contribution in [0.3, 0.4) is 0 Å². The minimum absolute atomic E-state index is 0.0617. The van der Waals surface area contributed by atoms with E-state index in [0.29, 0.717) is 12.7 Å². The molecule has 0 amide bonds. The molecule has 1 saturated heterocycles. The number of rotatable bonds is 8. The summed E-state index contributed by atoms with van der Waals surface area (Å²) in [5.74, 6) is 0.880. The second-order valence-corrected chi connectivity index (χ2v) is 6.52. The number of benzene rings is 2. The minimum atomic E-state index is 0.0617. The first kappa shape index (κ1) is 17.0. The fourth-order valence-corrected chi connectivity index (χ4v) is 3.18. The van der Waals surface area contributed by atoms with Crippen LogP contribution in [0.2, 0.25) is 0 Å². The lowest BCUT2D eigenvalue weighted by Crippen LogP contribution is -2.12. The van der Waals surface area contributed by atoms with Gasteiger partial charge in [0.25, 0.3) is 0 Å². The summed E-state index contributed by atoms with van der Waals surface area (Å²) >= 11 is 0. The molecule has 128 valence electrons. The fraction of sp³-hybridized carbons (Fsp3) is 0.429. The van der Waals surface area contributed by atoms with Gasteiger partial charge in [0.1, 0.15) is 12.4 Å². The van der Waals surface area contributed by atoms with E-state index in [1.54, 1.807) is 0 Å². The van der Waals surface area contributed by atoms with Crippen molar-refractivity contribution < 1.29 is 9.47 Å². The highest BCUT2D eigenvalue weighted by Gasteiger charge is 2.15. The van der Waals surface area contributed by atoms with Gasteiger partial charge in [0.15, 0.2) is 0 Å². The van der Waals surface area contributed by atoms with Crippen LogP contribution in [0.15, 0.2) is 54.6 Å². The third-order valence-electron chi connectivity index (χ3n) is 4.60. The zero-order chi connectivity index (χ0) is 16.6. The zero-order valence-corrected chi connectivity index (χ0v) is 14.2. The Morgan fingerprint density at radius 3 is 2.79 bits per heavy atom. The maximum atomic E-state index is 6.36. The highest BCUT2D eigenvalue weighted by Crippen LogP contribution is 2.24. The van der Waals surface area contributed by atoms with Crippen LogP contribution in [0.5, 0.6) is 5.75 Å². The fourth-order valence-electron chi connectivity index (χ4n) is 3.18. The second-order valence-electron chi connectivity index (χ2n) is 6.52. The third kappa shape index (κ3) is 5.08. The van der Waals surface area contributed by atoms with Gasteiger partial charge in [0, 0.05) is 12.6 Å². The van der Waals surface area contributed by atoms with Crippen LogP contribution >= 0.6 is 0 Å². The Hall–Kier alpha value is -1.84. The molecule has 1 aliphatic heterocycles. The van der Waals surface area contributed by atoms with Gasteiger partial charge >= 0.3 is 0 Å². The van der Waals surface area contributed by atoms with E-state index in [1.165, 1.54) is 18.4 Å². The van der Waals surface area contributed by atoms with Crippen molar-refractivity contribution in [3.8, 4) is 5.75 Å². The summed E-state index contributed by atoms with van der Waals surface area (Å²) in [4.78, 5) is 0. The maximum Gasteiger partial charge on any atom is 0.120 e.